The molecular formula is C22H20N4O2. The molecule has 0 bridgehead atoms. The van der Waals surface area contributed by atoms with Crippen molar-refractivity contribution in [3.63, 3.8) is 0 Å². The molecule has 6 heteroatoms. The van der Waals surface area contributed by atoms with Crippen LogP contribution in [-0.2, 0) is 0 Å². The fourth-order valence-electron chi connectivity index (χ4n) is 2.58. The second-order valence-corrected chi connectivity index (χ2v) is 6.40. The van der Waals surface area contributed by atoms with E-state index in [1.807, 2.05) is 44.2 Å². The molecule has 3 rings (SSSR count). The summed E-state index contributed by atoms with van der Waals surface area (Å²) in [6.07, 6.45) is 3.17. The Morgan fingerprint density at radius 2 is 1.89 bits per heavy atom. The lowest BCUT2D eigenvalue weighted by atomic mass is 10.2. The van der Waals surface area contributed by atoms with Crippen LogP contribution in [0.15, 0.2) is 67.0 Å². The van der Waals surface area contributed by atoms with E-state index in [0.29, 0.717) is 22.5 Å². The van der Waals surface area contributed by atoms with Gasteiger partial charge in [-0.2, -0.15) is 5.26 Å². The summed E-state index contributed by atoms with van der Waals surface area (Å²) in [5.41, 5.74) is 2.89. The Morgan fingerprint density at radius 3 is 2.68 bits per heavy atom. The van der Waals surface area contributed by atoms with Gasteiger partial charge in [0, 0.05) is 11.9 Å². The molecule has 0 atom stereocenters. The first-order valence-corrected chi connectivity index (χ1v) is 8.84. The van der Waals surface area contributed by atoms with Crippen LogP contribution < -0.4 is 15.4 Å². The highest BCUT2D eigenvalue weighted by Crippen LogP contribution is 2.28. The van der Waals surface area contributed by atoms with E-state index < -0.39 is 0 Å². The minimum absolute atomic E-state index is 0.0439. The molecule has 0 unspecified atom stereocenters. The molecule has 0 saturated heterocycles. The number of ether oxygens (including phenoxy) is 1. The van der Waals surface area contributed by atoms with Crippen LogP contribution in [-0.4, -0.2) is 17.0 Å². The molecule has 1 aromatic heterocycles. The molecule has 0 aliphatic rings. The van der Waals surface area contributed by atoms with Gasteiger partial charge in [-0.15, -0.1) is 0 Å². The molecule has 1 amide bonds. The predicted octanol–water partition coefficient (Wildman–Crippen LogP) is 4.74. The number of anilines is 3. The Balaban J connectivity index is 1.77. The van der Waals surface area contributed by atoms with Crippen molar-refractivity contribution in [2.45, 2.75) is 20.0 Å². The molecule has 0 fully saturated rings. The van der Waals surface area contributed by atoms with Crippen LogP contribution in [0.3, 0.4) is 0 Å². The number of aromatic nitrogens is 1. The zero-order chi connectivity index (χ0) is 19.9. The average Bonchev–Trinajstić information content (AvgIpc) is 2.69. The number of hydrogen-bond acceptors (Lipinski definition) is 5. The number of nitrogens with zero attached hydrogens (tertiary/aromatic N) is 2. The van der Waals surface area contributed by atoms with Crippen LogP contribution >= 0.6 is 0 Å². The number of nitrogens with one attached hydrogen (secondary N) is 2. The second-order valence-electron chi connectivity index (χ2n) is 6.40. The standard InChI is InChI=1S/C22H20N4O2/c1-15(2)28-21-9-4-3-8-20(21)25-19-11-17(13-24-14-19)22(27)26-18-7-5-6-16(10-18)12-23/h3-11,13-15,25H,1-2H3,(H,26,27). The van der Waals surface area contributed by atoms with E-state index in [1.54, 1.807) is 36.5 Å². The Morgan fingerprint density at radius 1 is 1.07 bits per heavy atom. The highest BCUT2D eigenvalue weighted by molar-refractivity contribution is 6.04. The summed E-state index contributed by atoms with van der Waals surface area (Å²) in [6.45, 7) is 3.93. The number of benzene rings is 2. The number of hydrogen-bond donors (Lipinski definition) is 2. The molecule has 28 heavy (non-hydrogen) atoms. The Labute approximate surface area is 163 Å². The molecule has 0 aliphatic heterocycles. The largest absolute Gasteiger partial charge is 0.489 e. The van der Waals surface area contributed by atoms with Gasteiger partial charge in [0.05, 0.1) is 40.9 Å². The van der Waals surface area contributed by atoms with E-state index in [1.165, 1.54) is 6.20 Å². The monoisotopic (exact) mass is 372 g/mol. The highest BCUT2D eigenvalue weighted by atomic mass is 16.5. The first kappa shape index (κ1) is 18.9. The Hall–Kier alpha value is -3.85. The number of amides is 1. The van der Waals surface area contributed by atoms with Crippen LogP contribution in [0, 0.1) is 11.3 Å². The molecule has 0 spiro atoms. The van der Waals surface area contributed by atoms with Gasteiger partial charge in [-0.05, 0) is 50.2 Å². The van der Waals surface area contributed by atoms with Crippen molar-refractivity contribution in [3.8, 4) is 11.8 Å². The van der Waals surface area contributed by atoms with Crippen molar-refractivity contribution in [2.24, 2.45) is 0 Å². The van der Waals surface area contributed by atoms with E-state index in [-0.39, 0.29) is 12.0 Å². The maximum Gasteiger partial charge on any atom is 0.257 e. The number of carbonyl (C=O) groups is 1. The number of carbonyl (C=O) groups excluding carboxylic acids is 1. The van der Waals surface area contributed by atoms with Gasteiger partial charge in [-0.1, -0.05) is 18.2 Å². The first-order valence-electron chi connectivity index (χ1n) is 8.84. The summed E-state index contributed by atoms with van der Waals surface area (Å²) in [5, 5.41) is 15.0. The van der Waals surface area contributed by atoms with E-state index in [9.17, 15) is 4.79 Å². The molecule has 3 aromatic rings. The zero-order valence-electron chi connectivity index (χ0n) is 15.6. The minimum atomic E-state index is -0.307. The Bertz CT molecular complexity index is 1020. The second kappa shape index (κ2) is 8.69. The lowest BCUT2D eigenvalue weighted by Crippen LogP contribution is -2.12. The van der Waals surface area contributed by atoms with E-state index in [2.05, 4.69) is 15.6 Å². The third-order valence-corrected chi connectivity index (χ3v) is 3.78. The maximum absolute atomic E-state index is 12.5. The highest BCUT2D eigenvalue weighted by Gasteiger charge is 2.10. The molecule has 0 radical (unpaired) electrons. The summed E-state index contributed by atoms with van der Waals surface area (Å²) in [4.78, 5) is 16.7. The van der Waals surface area contributed by atoms with Crippen LogP contribution in [0.2, 0.25) is 0 Å². The van der Waals surface area contributed by atoms with E-state index >= 15 is 0 Å². The topological polar surface area (TPSA) is 87.0 Å². The van der Waals surface area contributed by atoms with Crippen LogP contribution in [0.4, 0.5) is 17.1 Å². The molecule has 2 aromatic carbocycles. The normalized spacial score (nSPS) is 10.2. The van der Waals surface area contributed by atoms with Gasteiger partial charge in [-0.3, -0.25) is 9.78 Å². The molecule has 1 heterocycles. The molecule has 0 saturated carbocycles. The molecular weight excluding hydrogens is 352 g/mol. The smallest absolute Gasteiger partial charge is 0.257 e. The van der Waals surface area contributed by atoms with Gasteiger partial charge in [0.1, 0.15) is 5.75 Å². The number of nitriles is 1. The molecule has 140 valence electrons. The van der Waals surface area contributed by atoms with E-state index in [4.69, 9.17) is 10.00 Å². The van der Waals surface area contributed by atoms with Crippen LogP contribution in [0.5, 0.6) is 5.75 Å². The number of para-hydroxylation sites is 2. The van der Waals surface area contributed by atoms with Crippen molar-refractivity contribution < 1.29 is 9.53 Å². The molecule has 6 nitrogen and oxygen atoms in total. The SMILES string of the molecule is CC(C)Oc1ccccc1Nc1cncc(C(=O)Nc2cccc(C#N)c2)c1. The van der Waals surface area contributed by atoms with Gasteiger partial charge in [0.25, 0.3) is 5.91 Å². The third-order valence-electron chi connectivity index (χ3n) is 3.78. The number of rotatable bonds is 6. The van der Waals surface area contributed by atoms with Gasteiger partial charge in [-0.25, -0.2) is 0 Å². The van der Waals surface area contributed by atoms with Crippen molar-refractivity contribution in [1.82, 2.24) is 4.98 Å². The van der Waals surface area contributed by atoms with Gasteiger partial charge < -0.3 is 15.4 Å². The zero-order valence-corrected chi connectivity index (χ0v) is 15.6. The molecule has 0 aliphatic carbocycles. The van der Waals surface area contributed by atoms with Crippen molar-refractivity contribution in [3.05, 3.63) is 78.1 Å². The quantitative estimate of drug-likeness (QED) is 0.653. The summed E-state index contributed by atoms with van der Waals surface area (Å²) in [7, 11) is 0. The van der Waals surface area contributed by atoms with Crippen LogP contribution in [0.25, 0.3) is 0 Å². The fraction of sp³-hybridized carbons (Fsp3) is 0.136. The lowest BCUT2D eigenvalue weighted by molar-refractivity contribution is 0.102. The van der Waals surface area contributed by atoms with E-state index in [0.717, 1.165) is 11.4 Å². The van der Waals surface area contributed by atoms with Gasteiger partial charge >= 0.3 is 0 Å². The summed E-state index contributed by atoms with van der Waals surface area (Å²) in [6, 6.07) is 18.1. The van der Waals surface area contributed by atoms with Gasteiger partial charge in [0.2, 0.25) is 0 Å². The van der Waals surface area contributed by atoms with Crippen molar-refractivity contribution >= 4 is 23.0 Å². The summed E-state index contributed by atoms with van der Waals surface area (Å²) in [5.74, 6) is 0.415. The average molecular weight is 372 g/mol. The van der Waals surface area contributed by atoms with Crippen molar-refractivity contribution in [1.29, 1.82) is 5.26 Å². The first-order chi connectivity index (χ1) is 13.5. The van der Waals surface area contributed by atoms with Gasteiger partial charge in [0.15, 0.2) is 0 Å². The maximum atomic E-state index is 12.5. The number of pyridine rings is 1. The Kier molecular flexibility index (Phi) is 5.87. The minimum Gasteiger partial charge on any atom is -0.489 e. The third kappa shape index (κ3) is 4.86. The summed E-state index contributed by atoms with van der Waals surface area (Å²) < 4.78 is 5.81. The summed E-state index contributed by atoms with van der Waals surface area (Å²) >= 11 is 0. The predicted molar refractivity (Wildman–Crippen MR) is 109 cm³/mol. The van der Waals surface area contributed by atoms with Crippen LogP contribution in [0.1, 0.15) is 29.8 Å². The van der Waals surface area contributed by atoms with Crippen molar-refractivity contribution in [2.75, 3.05) is 10.6 Å². The fourth-order valence-corrected chi connectivity index (χ4v) is 2.58. The molecule has 2 N–H and O–H groups in total. The lowest BCUT2D eigenvalue weighted by Gasteiger charge is -2.15.